The fourth-order valence-electron chi connectivity index (χ4n) is 1.21. The van der Waals surface area contributed by atoms with Gasteiger partial charge in [-0.1, -0.05) is 0 Å². The molecule has 0 spiro atoms. The highest BCUT2D eigenvalue weighted by Gasteiger charge is 2.11. The zero-order chi connectivity index (χ0) is 11.5. The van der Waals surface area contributed by atoms with Crippen molar-refractivity contribution in [3.05, 3.63) is 39.7 Å². The lowest BCUT2D eigenvalue weighted by Gasteiger charge is -1.98. The molecule has 2 aromatic rings. The van der Waals surface area contributed by atoms with E-state index in [2.05, 4.69) is 4.98 Å². The maximum absolute atomic E-state index is 11.6. The average molecular weight is 237 g/mol. The highest BCUT2D eigenvalue weighted by Crippen LogP contribution is 2.16. The minimum absolute atomic E-state index is 0.0730. The molecule has 4 nitrogen and oxygen atoms in total. The van der Waals surface area contributed by atoms with E-state index in [0.717, 1.165) is 4.88 Å². The number of aromatic nitrogens is 1. The largest absolute Gasteiger partial charge is 0.451 e. The molecule has 0 aliphatic heterocycles. The van der Waals surface area contributed by atoms with Crippen LogP contribution in [0, 0.1) is 13.8 Å². The van der Waals surface area contributed by atoms with Crippen molar-refractivity contribution in [2.45, 2.75) is 20.5 Å². The summed E-state index contributed by atoms with van der Waals surface area (Å²) < 4.78 is 10.2. The molecule has 0 bridgehead atoms. The van der Waals surface area contributed by atoms with Gasteiger partial charge in [0, 0.05) is 4.88 Å². The summed E-state index contributed by atoms with van der Waals surface area (Å²) >= 11 is 1.41. The maximum atomic E-state index is 11.6. The number of thiophene rings is 1. The molecule has 2 aromatic heterocycles. The van der Waals surface area contributed by atoms with Crippen LogP contribution < -0.4 is 0 Å². The lowest BCUT2D eigenvalue weighted by molar-refractivity contribution is 0.0443. The van der Waals surface area contributed by atoms with E-state index in [-0.39, 0.29) is 12.6 Å². The normalized spacial score (nSPS) is 10.4. The molecule has 0 aromatic carbocycles. The summed E-state index contributed by atoms with van der Waals surface area (Å²) in [5.41, 5.74) is 0. The van der Waals surface area contributed by atoms with Gasteiger partial charge in [0.1, 0.15) is 10.6 Å². The second-order valence-electron chi connectivity index (χ2n) is 3.35. The summed E-state index contributed by atoms with van der Waals surface area (Å²) in [6, 6.07) is 3.64. The molecule has 0 fully saturated rings. The SMILES string of the molecule is Cc1cnc(COC(=O)c2ccc(C)s2)o1. The van der Waals surface area contributed by atoms with Gasteiger partial charge in [-0.05, 0) is 26.0 Å². The number of rotatable bonds is 3. The van der Waals surface area contributed by atoms with Crippen molar-refractivity contribution in [3.63, 3.8) is 0 Å². The first kappa shape index (κ1) is 10.9. The third-order valence-corrected chi connectivity index (χ3v) is 2.92. The molecule has 0 radical (unpaired) electrons. The van der Waals surface area contributed by atoms with Crippen molar-refractivity contribution >= 4 is 17.3 Å². The van der Waals surface area contributed by atoms with E-state index in [0.29, 0.717) is 16.5 Å². The van der Waals surface area contributed by atoms with Crippen LogP contribution in [0.4, 0.5) is 0 Å². The number of oxazole rings is 1. The van der Waals surface area contributed by atoms with E-state index >= 15 is 0 Å². The van der Waals surface area contributed by atoms with Crippen LogP contribution in [0.25, 0.3) is 0 Å². The molecule has 0 amide bonds. The van der Waals surface area contributed by atoms with Crippen molar-refractivity contribution in [1.29, 1.82) is 0 Å². The van der Waals surface area contributed by atoms with Crippen molar-refractivity contribution in [1.82, 2.24) is 4.98 Å². The number of carbonyl (C=O) groups is 1. The van der Waals surface area contributed by atoms with Crippen molar-refractivity contribution in [3.8, 4) is 0 Å². The van der Waals surface area contributed by atoms with Crippen LogP contribution in [0.5, 0.6) is 0 Å². The number of aryl methyl sites for hydroxylation is 2. The van der Waals surface area contributed by atoms with Crippen molar-refractivity contribution < 1.29 is 13.9 Å². The van der Waals surface area contributed by atoms with Gasteiger partial charge in [0.05, 0.1) is 6.20 Å². The van der Waals surface area contributed by atoms with Gasteiger partial charge in [-0.3, -0.25) is 0 Å². The highest BCUT2D eigenvalue weighted by atomic mass is 32.1. The zero-order valence-electron chi connectivity index (χ0n) is 9.02. The van der Waals surface area contributed by atoms with Gasteiger partial charge in [0.15, 0.2) is 6.61 Å². The lowest BCUT2D eigenvalue weighted by Crippen LogP contribution is -2.03. The fraction of sp³-hybridized carbons (Fsp3) is 0.273. The third-order valence-electron chi connectivity index (χ3n) is 1.94. The van der Waals surface area contributed by atoms with E-state index in [1.54, 1.807) is 19.2 Å². The molecular formula is C11H11NO3S. The van der Waals surface area contributed by atoms with Crippen LogP contribution in [-0.2, 0) is 11.3 Å². The Morgan fingerprint density at radius 3 is 2.88 bits per heavy atom. The summed E-state index contributed by atoms with van der Waals surface area (Å²) in [5.74, 6) is 0.783. The Labute approximate surface area is 96.9 Å². The molecule has 5 heteroatoms. The Balaban J connectivity index is 1.93. The molecule has 0 aliphatic rings. The first-order valence-corrected chi connectivity index (χ1v) is 5.61. The standard InChI is InChI=1S/C11H11NO3S/c1-7-5-12-10(15-7)6-14-11(13)9-4-3-8(2)16-9/h3-5H,6H2,1-2H3. The van der Waals surface area contributed by atoms with Crippen molar-refractivity contribution in [2.75, 3.05) is 0 Å². The van der Waals surface area contributed by atoms with Gasteiger partial charge in [-0.2, -0.15) is 0 Å². The number of hydrogen-bond donors (Lipinski definition) is 0. The third kappa shape index (κ3) is 2.49. The summed E-state index contributed by atoms with van der Waals surface area (Å²) in [7, 11) is 0. The summed E-state index contributed by atoms with van der Waals surface area (Å²) in [6.45, 7) is 3.81. The molecule has 0 unspecified atom stereocenters. The topological polar surface area (TPSA) is 52.3 Å². The predicted molar refractivity (Wildman–Crippen MR) is 59.4 cm³/mol. The molecule has 2 rings (SSSR count). The molecule has 84 valence electrons. The molecule has 0 saturated carbocycles. The number of nitrogens with zero attached hydrogens (tertiary/aromatic N) is 1. The van der Waals surface area contributed by atoms with E-state index in [9.17, 15) is 4.79 Å². The fourth-order valence-corrected chi connectivity index (χ4v) is 1.97. The second-order valence-corrected chi connectivity index (χ2v) is 4.64. The summed E-state index contributed by atoms with van der Waals surface area (Å²) in [4.78, 5) is 17.2. The highest BCUT2D eigenvalue weighted by molar-refractivity contribution is 7.13. The smallest absolute Gasteiger partial charge is 0.348 e. The van der Waals surface area contributed by atoms with Gasteiger partial charge in [-0.25, -0.2) is 9.78 Å². The number of carbonyl (C=O) groups excluding carboxylic acids is 1. The van der Waals surface area contributed by atoms with Gasteiger partial charge >= 0.3 is 5.97 Å². The van der Waals surface area contributed by atoms with E-state index in [1.165, 1.54) is 11.3 Å². The number of hydrogen-bond acceptors (Lipinski definition) is 5. The Kier molecular flexibility index (Phi) is 3.05. The van der Waals surface area contributed by atoms with Crippen LogP contribution >= 0.6 is 11.3 Å². The molecule has 0 saturated heterocycles. The molecular weight excluding hydrogens is 226 g/mol. The monoisotopic (exact) mass is 237 g/mol. The summed E-state index contributed by atoms with van der Waals surface area (Å²) in [6.07, 6.45) is 1.60. The molecule has 16 heavy (non-hydrogen) atoms. The number of ether oxygens (including phenoxy) is 1. The molecule has 0 N–H and O–H groups in total. The Hall–Kier alpha value is -1.62. The van der Waals surface area contributed by atoms with E-state index < -0.39 is 0 Å². The zero-order valence-corrected chi connectivity index (χ0v) is 9.84. The maximum Gasteiger partial charge on any atom is 0.348 e. The second kappa shape index (κ2) is 4.49. The first-order valence-electron chi connectivity index (χ1n) is 4.80. The van der Waals surface area contributed by atoms with Gasteiger partial charge in [0.2, 0.25) is 5.89 Å². The molecule has 2 heterocycles. The number of esters is 1. The van der Waals surface area contributed by atoms with E-state index in [1.807, 2.05) is 13.0 Å². The van der Waals surface area contributed by atoms with Crippen LogP contribution in [0.1, 0.15) is 26.2 Å². The molecule has 0 atom stereocenters. The molecule has 0 aliphatic carbocycles. The minimum Gasteiger partial charge on any atom is -0.451 e. The first-order chi connectivity index (χ1) is 7.65. The quantitative estimate of drug-likeness (QED) is 0.770. The average Bonchev–Trinajstić information content (AvgIpc) is 2.84. The Bertz CT molecular complexity index is 501. The summed E-state index contributed by atoms with van der Waals surface area (Å²) in [5, 5.41) is 0. The van der Waals surface area contributed by atoms with Gasteiger partial charge in [0.25, 0.3) is 0 Å². The lowest BCUT2D eigenvalue weighted by atomic mass is 10.4. The van der Waals surface area contributed by atoms with Crippen LogP contribution in [-0.4, -0.2) is 11.0 Å². The minimum atomic E-state index is -0.339. The predicted octanol–water partition coefficient (Wildman–Crippen LogP) is 2.71. The Morgan fingerprint density at radius 2 is 2.31 bits per heavy atom. The van der Waals surface area contributed by atoms with Crippen LogP contribution in [0.2, 0.25) is 0 Å². The van der Waals surface area contributed by atoms with Crippen LogP contribution in [0.15, 0.2) is 22.7 Å². The Morgan fingerprint density at radius 1 is 1.50 bits per heavy atom. The van der Waals surface area contributed by atoms with Gasteiger partial charge in [-0.15, -0.1) is 11.3 Å². The van der Waals surface area contributed by atoms with Gasteiger partial charge < -0.3 is 9.15 Å². The van der Waals surface area contributed by atoms with E-state index in [4.69, 9.17) is 9.15 Å². The van der Waals surface area contributed by atoms with Crippen molar-refractivity contribution in [2.24, 2.45) is 0 Å². The van der Waals surface area contributed by atoms with Crippen LogP contribution in [0.3, 0.4) is 0 Å².